The fraction of sp³-hybridized carbons (Fsp3) is 0.235. The zero-order valence-corrected chi connectivity index (χ0v) is 15.2. The number of benzene rings is 2. The molecule has 2 aromatic rings. The van der Waals surface area contributed by atoms with E-state index in [2.05, 4.69) is 26.6 Å². The third-order valence-corrected chi connectivity index (χ3v) is 3.86. The maximum absolute atomic E-state index is 12.0. The van der Waals surface area contributed by atoms with E-state index in [4.69, 9.17) is 4.74 Å². The average Bonchev–Trinajstić information content (AvgIpc) is 2.60. The molecule has 2 rings (SSSR count). The van der Waals surface area contributed by atoms with Crippen molar-refractivity contribution in [2.75, 3.05) is 18.4 Å². The van der Waals surface area contributed by atoms with Gasteiger partial charge in [0.25, 0.3) is 11.6 Å². The number of nitro benzene ring substituents is 1. The van der Waals surface area contributed by atoms with E-state index < -0.39 is 11.0 Å². The molecule has 0 radical (unpaired) electrons. The summed E-state index contributed by atoms with van der Waals surface area (Å²) in [5.41, 5.74) is 0.789. The molecule has 1 atom stereocenters. The summed E-state index contributed by atoms with van der Waals surface area (Å²) in [5, 5.41) is 16.4. The highest BCUT2D eigenvalue weighted by molar-refractivity contribution is 9.10. The van der Waals surface area contributed by atoms with Gasteiger partial charge in [-0.2, -0.15) is 0 Å². The number of nitro groups is 1. The third-order valence-electron chi connectivity index (χ3n) is 3.33. The summed E-state index contributed by atoms with van der Waals surface area (Å²) in [4.78, 5) is 22.1. The van der Waals surface area contributed by atoms with E-state index in [9.17, 15) is 14.9 Å². The number of hydrogen-bond acceptors (Lipinski definition) is 5. The van der Waals surface area contributed by atoms with Gasteiger partial charge < -0.3 is 15.4 Å². The zero-order chi connectivity index (χ0) is 18.2. The second kappa shape index (κ2) is 9.03. The Morgan fingerprint density at radius 3 is 2.40 bits per heavy atom. The summed E-state index contributed by atoms with van der Waals surface area (Å²) in [6.45, 7) is 2.58. The van der Waals surface area contributed by atoms with Crippen molar-refractivity contribution in [1.29, 1.82) is 0 Å². The number of nitrogens with zero attached hydrogens (tertiary/aromatic N) is 1. The molecule has 0 aliphatic heterocycles. The molecule has 0 bridgehead atoms. The van der Waals surface area contributed by atoms with Gasteiger partial charge in [0.15, 0.2) is 6.10 Å². The van der Waals surface area contributed by atoms with Crippen LogP contribution in [0.4, 0.5) is 11.4 Å². The van der Waals surface area contributed by atoms with Crippen LogP contribution in [0.15, 0.2) is 53.0 Å². The van der Waals surface area contributed by atoms with E-state index in [0.717, 1.165) is 10.2 Å². The number of halogens is 1. The molecule has 0 saturated heterocycles. The fourth-order valence-electron chi connectivity index (χ4n) is 2.01. The lowest BCUT2D eigenvalue weighted by molar-refractivity contribution is -0.384. The summed E-state index contributed by atoms with van der Waals surface area (Å²) in [5.74, 6) is 0.406. The molecule has 1 amide bonds. The van der Waals surface area contributed by atoms with Crippen LogP contribution < -0.4 is 15.4 Å². The van der Waals surface area contributed by atoms with E-state index in [0.29, 0.717) is 18.8 Å². The second-order valence-corrected chi connectivity index (χ2v) is 6.15. The van der Waals surface area contributed by atoms with E-state index >= 15 is 0 Å². The quantitative estimate of drug-likeness (QED) is 0.397. The van der Waals surface area contributed by atoms with Crippen LogP contribution in [0.5, 0.6) is 5.75 Å². The molecular weight excluding hydrogens is 390 g/mol. The standard InChI is InChI=1S/C17H18BrN3O4/c1-12(25-16-8-2-13(18)3-9-16)17(22)20-11-10-19-14-4-6-15(7-5-14)21(23)24/h2-9,12,19H,10-11H2,1H3,(H,20,22)/t12-/m0/s1. The number of carbonyl (C=O) groups is 1. The van der Waals surface area contributed by atoms with Gasteiger partial charge in [-0.05, 0) is 43.3 Å². The summed E-state index contributed by atoms with van der Waals surface area (Å²) in [6, 6.07) is 13.3. The minimum absolute atomic E-state index is 0.0396. The van der Waals surface area contributed by atoms with Crippen LogP contribution >= 0.6 is 15.9 Å². The molecule has 25 heavy (non-hydrogen) atoms. The van der Waals surface area contributed by atoms with Crippen molar-refractivity contribution in [2.45, 2.75) is 13.0 Å². The smallest absolute Gasteiger partial charge is 0.269 e. The van der Waals surface area contributed by atoms with Crippen LogP contribution in [0.1, 0.15) is 6.92 Å². The Labute approximate surface area is 153 Å². The maximum atomic E-state index is 12.0. The first-order valence-electron chi connectivity index (χ1n) is 7.64. The summed E-state index contributed by atoms with van der Waals surface area (Å²) < 4.78 is 6.50. The minimum atomic E-state index is -0.611. The van der Waals surface area contributed by atoms with Gasteiger partial charge in [0.05, 0.1) is 4.92 Å². The lowest BCUT2D eigenvalue weighted by Gasteiger charge is -2.15. The SMILES string of the molecule is C[C@H](Oc1ccc(Br)cc1)C(=O)NCCNc1ccc([N+](=O)[O-])cc1. The number of carbonyl (C=O) groups excluding carboxylic acids is 1. The Morgan fingerprint density at radius 2 is 1.80 bits per heavy atom. The van der Waals surface area contributed by atoms with Gasteiger partial charge >= 0.3 is 0 Å². The fourth-order valence-corrected chi connectivity index (χ4v) is 2.27. The number of rotatable bonds is 8. The van der Waals surface area contributed by atoms with E-state index in [1.165, 1.54) is 12.1 Å². The lowest BCUT2D eigenvalue weighted by atomic mass is 10.3. The van der Waals surface area contributed by atoms with E-state index in [1.807, 2.05) is 12.1 Å². The number of amides is 1. The molecule has 7 nitrogen and oxygen atoms in total. The molecule has 0 fully saturated rings. The van der Waals surface area contributed by atoms with Gasteiger partial charge in [0.2, 0.25) is 0 Å². The van der Waals surface area contributed by atoms with Crippen molar-refractivity contribution in [1.82, 2.24) is 5.32 Å². The highest BCUT2D eigenvalue weighted by atomic mass is 79.9. The normalized spacial score (nSPS) is 11.4. The van der Waals surface area contributed by atoms with Crippen LogP contribution in [0.3, 0.4) is 0 Å². The molecule has 0 aromatic heterocycles. The molecule has 8 heteroatoms. The highest BCUT2D eigenvalue weighted by Crippen LogP contribution is 2.17. The van der Waals surface area contributed by atoms with Crippen LogP contribution in [-0.4, -0.2) is 30.0 Å². The van der Waals surface area contributed by atoms with Crippen LogP contribution in [0, 0.1) is 10.1 Å². The molecule has 2 N–H and O–H groups in total. The van der Waals surface area contributed by atoms with Crippen molar-refractivity contribution in [3.63, 3.8) is 0 Å². The van der Waals surface area contributed by atoms with Crippen LogP contribution in [0.25, 0.3) is 0 Å². The largest absolute Gasteiger partial charge is 0.481 e. The van der Waals surface area contributed by atoms with Gasteiger partial charge in [-0.15, -0.1) is 0 Å². The topological polar surface area (TPSA) is 93.5 Å². The first-order chi connectivity index (χ1) is 12.0. The maximum Gasteiger partial charge on any atom is 0.269 e. The predicted molar refractivity (Wildman–Crippen MR) is 98.8 cm³/mol. The van der Waals surface area contributed by atoms with Crippen molar-refractivity contribution in [3.05, 3.63) is 63.1 Å². The molecule has 0 spiro atoms. The molecule has 132 valence electrons. The number of ether oxygens (including phenoxy) is 1. The van der Waals surface area contributed by atoms with Gasteiger partial charge in [-0.25, -0.2) is 0 Å². The van der Waals surface area contributed by atoms with Crippen molar-refractivity contribution >= 4 is 33.2 Å². The molecular formula is C17H18BrN3O4. The van der Waals surface area contributed by atoms with E-state index in [1.54, 1.807) is 31.2 Å². The molecule has 0 aliphatic carbocycles. The Hall–Kier alpha value is -2.61. The minimum Gasteiger partial charge on any atom is -0.481 e. The summed E-state index contributed by atoms with van der Waals surface area (Å²) in [7, 11) is 0. The Bertz CT molecular complexity index is 720. The highest BCUT2D eigenvalue weighted by Gasteiger charge is 2.13. The Balaban J connectivity index is 1.70. The number of anilines is 1. The number of non-ortho nitro benzene ring substituents is 1. The second-order valence-electron chi connectivity index (χ2n) is 5.24. The van der Waals surface area contributed by atoms with Crippen LogP contribution in [0.2, 0.25) is 0 Å². The number of nitrogens with one attached hydrogen (secondary N) is 2. The zero-order valence-electron chi connectivity index (χ0n) is 13.6. The lowest BCUT2D eigenvalue weighted by Crippen LogP contribution is -2.38. The first-order valence-corrected chi connectivity index (χ1v) is 8.43. The Kier molecular flexibility index (Phi) is 6.76. The molecule has 0 saturated carbocycles. The molecule has 2 aromatic carbocycles. The predicted octanol–water partition coefficient (Wildman–Crippen LogP) is 3.35. The summed E-state index contributed by atoms with van der Waals surface area (Å²) >= 11 is 3.34. The monoisotopic (exact) mass is 407 g/mol. The molecule has 0 aliphatic rings. The van der Waals surface area contributed by atoms with E-state index in [-0.39, 0.29) is 11.6 Å². The Morgan fingerprint density at radius 1 is 1.16 bits per heavy atom. The average molecular weight is 408 g/mol. The summed E-state index contributed by atoms with van der Waals surface area (Å²) in [6.07, 6.45) is -0.611. The van der Waals surface area contributed by atoms with Gasteiger partial charge in [0.1, 0.15) is 5.75 Å². The van der Waals surface area contributed by atoms with Crippen LogP contribution in [-0.2, 0) is 4.79 Å². The first kappa shape index (κ1) is 18.7. The number of hydrogen-bond donors (Lipinski definition) is 2. The third kappa shape index (κ3) is 6.07. The van der Waals surface area contributed by atoms with Crippen molar-refractivity contribution in [3.8, 4) is 5.75 Å². The van der Waals surface area contributed by atoms with Crippen molar-refractivity contribution < 1.29 is 14.5 Å². The molecule has 0 unspecified atom stereocenters. The molecule has 0 heterocycles. The van der Waals surface area contributed by atoms with Gasteiger partial charge in [-0.3, -0.25) is 14.9 Å². The van der Waals surface area contributed by atoms with Crippen molar-refractivity contribution in [2.24, 2.45) is 0 Å². The van der Waals surface area contributed by atoms with Gasteiger partial charge in [0, 0.05) is 35.4 Å². The van der Waals surface area contributed by atoms with Gasteiger partial charge in [-0.1, -0.05) is 15.9 Å².